The standard InChI is InChI=1S/C13H9ClN2OS/c14-12-4-3-11(18-12)13(17)8-1-2-9-10(7-8)16-6-5-15-9/h1-7,13,17H. The number of aromatic nitrogens is 2. The third kappa shape index (κ3) is 2.10. The second kappa shape index (κ2) is 4.65. The first-order valence-corrected chi connectivity index (χ1v) is 6.57. The van der Waals surface area contributed by atoms with E-state index in [0.717, 1.165) is 21.5 Å². The molecule has 2 heterocycles. The molecular formula is C13H9ClN2OS. The average Bonchev–Trinajstić information content (AvgIpc) is 2.84. The number of halogens is 1. The van der Waals surface area contributed by atoms with Gasteiger partial charge in [0.05, 0.1) is 15.4 Å². The maximum absolute atomic E-state index is 10.3. The predicted octanol–water partition coefficient (Wildman–Crippen LogP) is 3.43. The SMILES string of the molecule is OC(c1ccc2nccnc2c1)c1ccc(Cl)s1. The lowest BCUT2D eigenvalue weighted by Crippen LogP contribution is -1.97. The minimum Gasteiger partial charge on any atom is -0.383 e. The number of hydrogen-bond acceptors (Lipinski definition) is 4. The molecule has 1 unspecified atom stereocenters. The fourth-order valence-corrected chi connectivity index (χ4v) is 2.87. The van der Waals surface area contributed by atoms with E-state index in [4.69, 9.17) is 11.6 Å². The van der Waals surface area contributed by atoms with Crippen LogP contribution in [-0.4, -0.2) is 15.1 Å². The third-order valence-electron chi connectivity index (χ3n) is 2.67. The molecule has 90 valence electrons. The Bertz CT molecular complexity index is 698. The van der Waals surface area contributed by atoms with Gasteiger partial charge in [-0.2, -0.15) is 0 Å². The quantitative estimate of drug-likeness (QED) is 0.780. The molecule has 0 saturated carbocycles. The predicted molar refractivity (Wildman–Crippen MR) is 72.9 cm³/mol. The van der Waals surface area contributed by atoms with Gasteiger partial charge in [0.2, 0.25) is 0 Å². The molecule has 0 aliphatic rings. The summed E-state index contributed by atoms with van der Waals surface area (Å²) in [5.41, 5.74) is 2.39. The van der Waals surface area contributed by atoms with Crippen molar-refractivity contribution in [3.63, 3.8) is 0 Å². The Morgan fingerprint density at radius 1 is 1.06 bits per heavy atom. The first-order valence-electron chi connectivity index (χ1n) is 5.38. The van der Waals surface area contributed by atoms with Crippen molar-refractivity contribution in [2.75, 3.05) is 0 Å². The molecule has 18 heavy (non-hydrogen) atoms. The van der Waals surface area contributed by atoms with Crippen LogP contribution in [0.25, 0.3) is 11.0 Å². The molecule has 1 aromatic carbocycles. The molecule has 0 aliphatic carbocycles. The molecule has 2 aromatic heterocycles. The molecule has 0 fully saturated rings. The summed E-state index contributed by atoms with van der Waals surface area (Å²) in [7, 11) is 0. The third-order valence-corrected chi connectivity index (χ3v) is 3.96. The summed E-state index contributed by atoms with van der Waals surface area (Å²) in [5.74, 6) is 0. The number of nitrogens with zero attached hydrogens (tertiary/aromatic N) is 2. The van der Waals surface area contributed by atoms with Crippen LogP contribution in [0.1, 0.15) is 16.5 Å². The molecule has 0 aliphatic heterocycles. The van der Waals surface area contributed by atoms with Crippen molar-refractivity contribution in [3.05, 3.63) is 57.5 Å². The zero-order valence-electron chi connectivity index (χ0n) is 9.25. The van der Waals surface area contributed by atoms with Gasteiger partial charge in [0, 0.05) is 17.3 Å². The first-order chi connectivity index (χ1) is 8.74. The van der Waals surface area contributed by atoms with Gasteiger partial charge in [-0.25, -0.2) is 0 Å². The van der Waals surface area contributed by atoms with Crippen LogP contribution in [0.2, 0.25) is 4.34 Å². The number of aliphatic hydroxyl groups is 1. The van der Waals surface area contributed by atoms with E-state index in [1.54, 1.807) is 18.5 Å². The molecular weight excluding hydrogens is 268 g/mol. The molecule has 1 N–H and O–H groups in total. The summed E-state index contributed by atoms with van der Waals surface area (Å²) in [6.07, 6.45) is 2.62. The van der Waals surface area contributed by atoms with Crippen molar-refractivity contribution in [2.24, 2.45) is 0 Å². The van der Waals surface area contributed by atoms with Gasteiger partial charge >= 0.3 is 0 Å². The molecule has 0 saturated heterocycles. The van der Waals surface area contributed by atoms with Gasteiger partial charge in [0.1, 0.15) is 6.10 Å². The lowest BCUT2D eigenvalue weighted by Gasteiger charge is -2.09. The van der Waals surface area contributed by atoms with Crippen LogP contribution in [0.4, 0.5) is 0 Å². The Morgan fingerprint density at radius 3 is 2.56 bits per heavy atom. The number of benzene rings is 1. The highest BCUT2D eigenvalue weighted by Gasteiger charge is 2.13. The summed E-state index contributed by atoms with van der Waals surface area (Å²) in [6, 6.07) is 9.18. The molecule has 3 rings (SSSR count). The Morgan fingerprint density at radius 2 is 1.83 bits per heavy atom. The van der Waals surface area contributed by atoms with Gasteiger partial charge in [0.15, 0.2) is 0 Å². The van der Waals surface area contributed by atoms with Gasteiger partial charge in [-0.1, -0.05) is 17.7 Å². The number of hydrogen-bond donors (Lipinski definition) is 1. The average molecular weight is 277 g/mol. The monoisotopic (exact) mass is 276 g/mol. The largest absolute Gasteiger partial charge is 0.383 e. The van der Waals surface area contributed by atoms with Crippen LogP contribution in [0, 0.1) is 0 Å². The smallest absolute Gasteiger partial charge is 0.113 e. The van der Waals surface area contributed by atoms with E-state index in [1.807, 2.05) is 24.3 Å². The summed E-state index contributed by atoms with van der Waals surface area (Å²) < 4.78 is 0.671. The van der Waals surface area contributed by atoms with Crippen LogP contribution in [0.5, 0.6) is 0 Å². The second-order valence-electron chi connectivity index (χ2n) is 3.85. The van der Waals surface area contributed by atoms with Crippen molar-refractivity contribution >= 4 is 34.0 Å². The van der Waals surface area contributed by atoms with Crippen LogP contribution < -0.4 is 0 Å². The zero-order chi connectivity index (χ0) is 12.5. The summed E-state index contributed by atoms with van der Waals surface area (Å²) in [4.78, 5) is 9.25. The Hall–Kier alpha value is -1.49. The lowest BCUT2D eigenvalue weighted by atomic mass is 10.1. The molecule has 0 amide bonds. The fraction of sp³-hybridized carbons (Fsp3) is 0.0769. The van der Waals surface area contributed by atoms with Crippen LogP contribution in [-0.2, 0) is 0 Å². The maximum atomic E-state index is 10.3. The van der Waals surface area contributed by atoms with Gasteiger partial charge < -0.3 is 5.11 Å². The molecule has 5 heteroatoms. The highest BCUT2D eigenvalue weighted by molar-refractivity contribution is 7.16. The van der Waals surface area contributed by atoms with Crippen molar-refractivity contribution in [1.29, 1.82) is 0 Å². The van der Waals surface area contributed by atoms with E-state index in [0.29, 0.717) is 4.34 Å². The Balaban J connectivity index is 2.03. The Kier molecular flexibility index (Phi) is 2.99. The van der Waals surface area contributed by atoms with Crippen molar-refractivity contribution in [2.45, 2.75) is 6.10 Å². The molecule has 0 radical (unpaired) electrons. The molecule has 3 nitrogen and oxygen atoms in total. The molecule has 0 bridgehead atoms. The summed E-state index contributed by atoms with van der Waals surface area (Å²) >= 11 is 7.25. The van der Waals surface area contributed by atoms with E-state index in [2.05, 4.69) is 9.97 Å². The molecule has 3 aromatic rings. The maximum Gasteiger partial charge on any atom is 0.113 e. The zero-order valence-corrected chi connectivity index (χ0v) is 10.8. The first kappa shape index (κ1) is 11.6. The normalized spacial score (nSPS) is 12.8. The van der Waals surface area contributed by atoms with Crippen molar-refractivity contribution in [3.8, 4) is 0 Å². The Labute approximate surface area is 113 Å². The van der Waals surface area contributed by atoms with Gasteiger partial charge in [-0.15, -0.1) is 11.3 Å². The number of aliphatic hydroxyl groups excluding tert-OH is 1. The highest BCUT2D eigenvalue weighted by atomic mass is 35.5. The second-order valence-corrected chi connectivity index (χ2v) is 5.60. The number of thiophene rings is 1. The van der Waals surface area contributed by atoms with Crippen molar-refractivity contribution in [1.82, 2.24) is 9.97 Å². The van der Waals surface area contributed by atoms with Gasteiger partial charge in [-0.3, -0.25) is 9.97 Å². The van der Waals surface area contributed by atoms with Crippen LogP contribution in [0.3, 0.4) is 0 Å². The van der Waals surface area contributed by atoms with E-state index in [9.17, 15) is 5.11 Å². The minimum atomic E-state index is -0.672. The van der Waals surface area contributed by atoms with Gasteiger partial charge in [0.25, 0.3) is 0 Å². The summed E-state index contributed by atoms with van der Waals surface area (Å²) in [5, 5.41) is 10.3. The number of fused-ring (bicyclic) bond motifs is 1. The highest BCUT2D eigenvalue weighted by Crippen LogP contribution is 2.31. The van der Waals surface area contributed by atoms with Gasteiger partial charge in [-0.05, 0) is 29.8 Å². The van der Waals surface area contributed by atoms with E-state index in [1.165, 1.54) is 11.3 Å². The van der Waals surface area contributed by atoms with E-state index >= 15 is 0 Å². The number of rotatable bonds is 2. The minimum absolute atomic E-state index is 0.671. The molecule has 0 spiro atoms. The van der Waals surface area contributed by atoms with Crippen molar-refractivity contribution < 1.29 is 5.11 Å². The van der Waals surface area contributed by atoms with Crippen LogP contribution in [0.15, 0.2) is 42.7 Å². The lowest BCUT2D eigenvalue weighted by molar-refractivity contribution is 0.224. The molecule has 1 atom stereocenters. The summed E-state index contributed by atoms with van der Waals surface area (Å²) in [6.45, 7) is 0. The van der Waals surface area contributed by atoms with E-state index in [-0.39, 0.29) is 0 Å². The fourth-order valence-electron chi connectivity index (χ4n) is 1.79. The van der Waals surface area contributed by atoms with E-state index < -0.39 is 6.10 Å². The van der Waals surface area contributed by atoms with Crippen LogP contribution >= 0.6 is 22.9 Å². The topological polar surface area (TPSA) is 46.0 Å².